The summed E-state index contributed by atoms with van der Waals surface area (Å²) in [7, 11) is 0. The molecular weight excluding hydrogens is 198 g/mol. The molecule has 2 heteroatoms. The van der Waals surface area contributed by atoms with Crippen LogP contribution in [0.3, 0.4) is 0 Å². The highest BCUT2D eigenvalue weighted by molar-refractivity contribution is 5.79. The second-order valence-electron chi connectivity index (χ2n) is 5.74. The highest BCUT2D eigenvalue weighted by atomic mass is 16.2. The Labute approximate surface area is 101 Å². The van der Waals surface area contributed by atoms with Crippen molar-refractivity contribution in [2.45, 2.75) is 65.8 Å². The Balaban J connectivity index is 4.37. The van der Waals surface area contributed by atoms with Gasteiger partial charge in [0.25, 0.3) is 0 Å². The van der Waals surface area contributed by atoms with E-state index >= 15 is 0 Å². The predicted molar refractivity (Wildman–Crippen MR) is 70.3 cm³/mol. The summed E-state index contributed by atoms with van der Waals surface area (Å²) in [6, 6.07) is 0. The molecule has 0 saturated heterocycles. The molecule has 0 aromatic heterocycles. The van der Waals surface area contributed by atoms with E-state index < -0.39 is 0 Å². The van der Waals surface area contributed by atoms with E-state index in [-0.39, 0.29) is 17.4 Å². The average Bonchev–Trinajstić information content (AvgIpc) is 2.08. The number of hydrogen-bond acceptors (Lipinski definition) is 1. The van der Waals surface area contributed by atoms with Crippen LogP contribution in [-0.2, 0) is 4.79 Å². The number of hydrogen-bond donors (Lipinski definition) is 1. The first-order valence-electron chi connectivity index (χ1n) is 6.22. The van der Waals surface area contributed by atoms with E-state index in [1.54, 1.807) is 0 Å². The number of nitrogens with one attached hydrogen (secondary N) is 1. The zero-order chi connectivity index (χ0) is 12.8. The predicted octanol–water partition coefficient (Wildman–Crippen LogP) is 3.67. The Hall–Kier alpha value is -0.790. The van der Waals surface area contributed by atoms with Crippen LogP contribution in [0.2, 0.25) is 0 Å². The van der Waals surface area contributed by atoms with Crippen molar-refractivity contribution in [3.8, 4) is 0 Å². The largest absolute Gasteiger partial charge is 0.351 e. The molecule has 0 aliphatic rings. The molecule has 0 radical (unpaired) electrons. The minimum absolute atomic E-state index is 0.0941. The van der Waals surface area contributed by atoms with Crippen LogP contribution >= 0.6 is 0 Å². The van der Waals surface area contributed by atoms with Crippen LogP contribution in [0.4, 0.5) is 0 Å². The average molecular weight is 225 g/mol. The molecule has 1 N–H and O–H groups in total. The first kappa shape index (κ1) is 15.2. The van der Waals surface area contributed by atoms with Crippen molar-refractivity contribution in [1.82, 2.24) is 5.32 Å². The standard InChI is InChI=1S/C14H27NO/c1-7-8-9-12(10-11(2)3)13(16)15-14(4,5)6/h12H,2,7-10H2,1,3-6H3,(H,15,16). The third-order valence-electron chi connectivity index (χ3n) is 2.37. The number of carbonyl (C=O) groups excluding carboxylic acids is 1. The van der Waals surface area contributed by atoms with Gasteiger partial charge in [0.1, 0.15) is 0 Å². The summed E-state index contributed by atoms with van der Waals surface area (Å²) >= 11 is 0. The molecule has 0 heterocycles. The topological polar surface area (TPSA) is 29.1 Å². The summed E-state index contributed by atoms with van der Waals surface area (Å²) < 4.78 is 0. The second-order valence-corrected chi connectivity index (χ2v) is 5.74. The molecule has 2 nitrogen and oxygen atoms in total. The third kappa shape index (κ3) is 7.49. The van der Waals surface area contributed by atoms with Crippen LogP contribution in [-0.4, -0.2) is 11.4 Å². The van der Waals surface area contributed by atoms with Crippen LogP contribution in [0.5, 0.6) is 0 Å². The molecule has 0 bridgehead atoms. The first-order valence-corrected chi connectivity index (χ1v) is 6.22. The molecule has 0 fully saturated rings. The molecular formula is C14H27NO. The molecule has 0 aliphatic heterocycles. The zero-order valence-electron chi connectivity index (χ0n) is 11.5. The van der Waals surface area contributed by atoms with Crippen LogP contribution in [0.15, 0.2) is 12.2 Å². The molecule has 0 aromatic carbocycles. The summed E-state index contributed by atoms with van der Waals surface area (Å²) in [6.45, 7) is 14.1. The Morgan fingerprint density at radius 1 is 1.38 bits per heavy atom. The molecule has 0 spiro atoms. The Morgan fingerprint density at radius 3 is 2.31 bits per heavy atom. The van der Waals surface area contributed by atoms with Gasteiger partial charge >= 0.3 is 0 Å². The fourth-order valence-corrected chi connectivity index (χ4v) is 1.67. The van der Waals surface area contributed by atoms with Crippen LogP contribution < -0.4 is 5.32 Å². The number of carbonyl (C=O) groups is 1. The van der Waals surface area contributed by atoms with E-state index in [4.69, 9.17) is 0 Å². The van der Waals surface area contributed by atoms with Gasteiger partial charge in [0.05, 0.1) is 0 Å². The van der Waals surface area contributed by atoms with Gasteiger partial charge in [-0.15, -0.1) is 6.58 Å². The first-order chi connectivity index (χ1) is 7.26. The molecule has 0 rings (SSSR count). The highest BCUT2D eigenvalue weighted by Gasteiger charge is 2.22. The zero-order valence-corrected chi connectivity index (χ0v) is 11.5. The molecule has 1 atom stereocenters. The van der Waals surface area contributed by atoms with Gasteiger partial charge in [-0.05, 0) is 40.5 Å². The maximum absolute atomic E-state index is 12.0. The number of rotatable bonds is 6. The molecule has 1 amide bonds. The highest BCUT2D eigenvalue weighted by Crippen LogP contribution is 2.18. The van der Waals surface area contributed by atoms with Crippen molar-refractivity contribution >= 4 is 5.91 Å². The summed E-state index contributed by atoms with van der Waals surface area (Å²) in [5, 5.41) is 3.05. The van der Waals surface area contributed by atoms with Gasteiger partial charge in [-0.1, -0.05) is 25.3 Å². The van der Waals surface area contributed by atoms with Crippen molar-refractivity contribution in [2.75, 3.05) is 0 Å². The van der Waals surface area contributed by atoms with Gasteiger partial charge in [0.2, 0.25) is 5.91 Å². The van der Waals surface area contributed by atoms with Gasteiger partial charge in [-0.2, -0.15) is 0 Å². The van der Waals surface area contributed by atoms with Gasteiger partial charge in [0, 0.05) is 11.5 Å². The van der Waals surface area contributed by atoms with E-state index in [9.17, 15) is 4.79 Å². The lowest BCUT2D eigenvalue weighted by Crippen LogP contribution is -2.43. The quantitative estimate of drug-likeness (QED) is 0.687. The van der Waals surface area contributed by atoms with Gasteiger partial charge < -0.3 is 5.32 Å². The molecule has 0 aliphatic carbocycles. The van der Waals surface area contributed by atoms with E-state index in [0.717, 1.165) is 31.3 Å². The maximum atomic E-state index is 12.0. The maximum Gasteiger partial charge on any atom is 0.223 e. The monoisotopic (exact) mass is 225 g/mol. The molecule has 0 saturated carbocycles. The van der Waals surface area contributed by atoms with Crippen molar-refractivity contribution in [3.05, 3.63) is 12.2 Å². The van der Waals surface area contributed by atoms with E-state index in [0.29, 0.717) is 0 Å². The van der Waals surface area contributed by atoms with Crippen LogP contribution in [0, 0.1) is 5.92 Å². The Kier molecular flexibility index (Phi) is 6.39. The Morgan fingerprint density at radius 2 is 1.94 bits per heavy atom. The lowest BCUT2D eigenvalue weighted by molar-refractivity contribution is -0.126. The summed E-state index contributed by atoms with van der Waals surface area (Å²) in [5.74, 6) is 0.264. The SMILES string of the molecule is C=C(C)CC(CCCC)C(=O)NC(C)(C)C. The fourth-order valence-electron chi connectivity index (χ4n) is 1.67. The number of allylic oxidation sites excluding steroid dienone is 1. The van der Waals surface area contributed by atoms with Gasteiger partial charge in [0.15, 0.2) is 0 Å². The van der Waals surface area contributed by atoms with E-state index in [2.05, 4.69) is 18.8 Å². The third-order valence-corrected chi connectivity index (χ3v) is 2.37. The van der Waals surface area contributed by atoms with E-state index in [1.165, 1.54) is 0 Å². The summed E-state index contributed by atoms with van der Waals surface area (Å²) in [6.07, 6.45) is 4.01. The molecule has 16 heavy (non-hydrogen) atoms. The molecule has 0 aromatic rings. The molecule has 94 valence electrons. The second kappa shape index (κ2) is 6.72. The van der Waals surface area contributed by atoms with Crippen molar-refractivity contribution < 1.29 is 4.79 Å². The van der Waals surface area contributed by atoms with Crippen molar-refractivity contribution in [3.63, 3.8) is 0 Å². The minimum Gasteiger partial charge on any atom is -0.351 e. The fraction of sp³-hybridized carbons (Fsp3) is 0.786. The number of unbranched alkanes of at least 4 members (excludes halogenated alkanes) is 1. The van der Waals surface area contributed by atoms with Crippen LogP contribution in [0.1, 0.15) is 60.3 Å². The summed E-state index contributed by atoms with van der Waals surface area (Å²) in [5.41, 5.74) is 0.946. The van der Waals surface area contributed by atoms with Gasteiger partial charge in [-0.3, -0.25) is 4.79 Å². The summed E-state index contributed by atoms with van der Waals surface area (Å²) in [4.78, 5) is 12.0. The number of amides is 1. The van der Waals surface area contributed by atoms with Crippen LogP contribution in [0.25, 0.3) is 0 Å². The van der Waals surface area contributed by atoms with Crippen molar-refractivity contribution in [2.24, 2.45) is 5.92 Å². The molecule has 1 unspecified atom stereocenters. The van der Waals surface area contributed by atoms with Gasteiger partial charge in [-0.25, -0.2) is 0 Å². The minimum atomic E-state index is -0.142. The smallest absolute Gasteiger partial charge is 0.223 e. The lowest BCUT2D eigenvalue weighted by Gasteiger charge is -2.25. The normalized spacial score (nSPS) is 13.3. The Bertz CT molecular complexity index is 238. The van der Waals surface area contributed by atoms with E-state index in [1.807, 2.05) is 27.7 Å². The van der Waals surface area contributed by atoms with Crippen molar-refractivity contribution in [1.29, 1.82) is 0 Å². The lowest BCUT2D eigenvalue weighted by atomic mass is 9.93.